The van der Waals surface area contributed by atoms with E-state index in [9.17, 15) is 14.4 Å². The number of rotatable bonds is 10. The molecule has 0 spiro atoms. The predicted molar refractivity (Wildman–Crippen MR) is 205 cm³/mol. The standard InChI is InChI=1S/C46H29FO8/c1-6-32(5)53-31-54-46-40(25-19-33-10-12-35(13-11-33)26-28-51-42(48)7-2)41(55-44(50)9-4)30-39(45(46)47)24-18-34-14-20-37(21-15-34)38-22-16-36(17-23-38)27-29-52-43(49)8-3/h6-17,20-23,30H,1-5,31H2. The molecular formula is C46H29FO8. The molecule has 0 aliphatic rings. The highest BCUT2D eigenvalue weighted by atomic mass is 19.1. The van der Waals surface area contributed by atoms with Gasteiger partial charge in [-0.15, -0.1) is 0 Å². The molecule has 0 radical (unpaired) electrons. The van der Waals surface area contributed by atoms with Crippen LogP contribution in [0.4, 0.5) is 4.39 Å². The van der Waals surface area contributed by atoms with Gasteiger partial charge in [-0.25, -0.2) is 18.8 Å². The monoisotopic (exact) mass is 728 g/mol. The van der Waals surface area contributed by atoms with Crippen molar-refractivity contribution in [2.24, 2.45) is 0 Å². The maximum Gasteiger partial charge on any atom is 0.344 e. The molecule has 4 aromatic carbocycles. The van der Waals surface area contributed by atoms with E-state index in [1.807, 2.05) is 24.3 Å². The quantitative estimate of drug-likeness (QED) is 0.0315. The predicted octanol–water partition coefficient (Wildman–Crippen LogP) is 7.51. The number of ether oxygens (including phenoxy) is 5. The fourth-order valence-electron chi connectivity index (χ4n) is 4.16. The van der Waals surface area contributed by atoms with E-state index in [0.717, 1.165) is 29.4 Å². The van der Waals surface area contributed by atoms with Gasteiger partial charge in [-0.3, -0.25) is 0 Å². The van der Waals surface area contributed by atoms with Crippen LogP contribution in [0.2, 0.25) is 0 Å². The maximum atomic E-state index is 16.2. The van der Waals surface area contributed by atoms with Crippen LogP contribution in [0.5, 0.6) is 11.5 Å². The summed E-state index contributed by atoms with van der Waals surface area (Å²) in [5.41, 5.74) is 3.73. The van der Waals surface area contributed by atoms with Crippen molar-refractivity contribution in [3.8, 4) is 70.4 Å². The third-order valence-electron chi connectivity index (χ3n) is 6.93. The first-order chi connectivity index (χ1) is 26.6. The number of benzene rings is 4. The first kappa shape index (κ1) is 39.5. The summed E-state index contributed by atoms with van der Waals surface area (Å²) < 4.78 is 42.1. The molecule has 9 heteroatoms. The van der Waals surface area contributed by atoms with Crippen molar-refractivity contribution in [3.05, 3.63) is 181 Å². The highest BCUT2D eigenvalue weighted by Gasteiger charge is 2.21. The lowest BCUT2D eigenvalue weighted by atomic mass is 10.0. The molecule has 55 heavy (non-hydrogen) atoms. The smallest absolute Gasteiger partial charge is 0.344 e. The van der Waals surface area contributed by atoms with Gasteiger partial charge in [-0.2, -0.15) is 0 Å². The summed E-state index contributed by atoms with van der Waals surface area (Å²) in [6.07, 6.45) is 8.91. The van der Waals surface area contributed by atoms with Crippen LogP contribution in [0.1, 0.15) is 33.4 Å². The fraction of sp³-hybridized carbons (Fsp3) is 0.0217. The summed E-state index contributed by atoms with van der Waals surface area (Å²) in [6.45, 7) is 16.8. The van der Waals surface area contributed by atoms with Crippen LogP contribution in [0.25, 0.3) is 11.1 Å². The minimum atomic E-state index is -0.887. The van der Waals surface area contributed by atoms with Gasteiger partial charge in [0.1, 0.15) is 23.5 Å². The summed E-state index contributed by atoms with van der Waals surface area (Å²) in [7, 11) is 0. The normalized spacial score (nSPS) is 9.25. The number of hydrogen-bond donors (Lipinski definition) is 0. The summed E-state index contributed by atoms with van der Waals surface area (Å²) in [5, 5.41) is 0. The van der Waals surface area contributed by atoms with Crippen LogP contribution in [0.3, 0.4) is 0 Å². The molecule has 4 aromatic rings. The SMILES string of the molecule is C=CC(=C)OCOc1c(F)c(C#Cc2ccc(-c3ccc(C#COC(=O)C=C)cc3)cc2)cc(OC(=O)C=C)c1C#Cc1ccc(C#COC(=O)C=C)cc1. The molecule has 0 bridgehead atoms. The van der Waals surface area contributed by atoms with Crippen LogP contribution in [-0.2, 0) is 28.6 Å². The molecule has 0 fully saturated rings. The molecule has 0 N–H and O–H groups in total. The van der Waals surface area contributed by atoms with E-state index in [1.54, 1.807) is 48.5 Å². The fourth-order valence-corrected chi connectivity index (χ4v) is 4.16. The molecule has 4 rings (SSSR count). The molecule has 0 aliphatic heterocycles. The highest BCUT2D eigenvalue weighted by molar-refractivity contribution is 5.84. The second-order valence-corrected chi connectivity index (χ2v) is 10.6. The van der Waals surface area contributed by atoms with E-state index < -0.39 is 36.3 Å². The van der Waals surface area contributed by atoms with Gasteiger partial charge in [0.2, 0.25) is 6.79 Å². The summed E-state index contributed by atoms with van der Waals surface area (Å²) >= 11 is 0. The average Bonchev–Trinajstić information content (AvgIpc) is 3.21. The van der Waals surface area contributed by atoms with Crippen molar-refractivity contribution in [1.29, 1.82) is 0 Å². The number of carbonyl (C=O) groups is 3. The van der Waals surface area contributed by atoms with E-state index in [4.69, 9.17) is 14.2 Å². The number of hydrogen-bond acceptors (Lipinski definition) is 8. The lowest BCUT2D eigenvalue weighted by Crippen LogP contribution is -2.10. The minimum Gasteiger partial charge on any atom is -0.458 e. The number of allylic oxidation sites excluding steroid dienone is 1. The lowest BCUT2D eigenvalue weighted by Gasteiger charge is -2.14. The van der Waals surface area contributed by atoms with Crippen LogP contribution in [0, 0.1) is 53.6 Å². The molecular weight excluding hydrogens is 699 g/mol. The van der Waals surface area contributed by atoms with Gasteiger partial charge in [-0.05, 0) is 77.6 Å². The van der Waals surface area contributed by atoms with Crippen molar-refractivity contribution < 1.29 is 42.5 Å². The average molecular weight is 729 g/mol. The van der Waals surface area contributed by atoms with Gasteiger partial charge in [0.05, 0.1) is 5.56 Å². The van der Waals surface area contributed by atoms with Crippen molar-refractivity contribution >= 4 is 17.9 Å². The molecule has 0 heterocycles. The lowest BCUT2D eigenvalue weighted by molar-refractivity contribution is -0.132. The number of carbonyl (C=O) groups excluding carboxylic acids is 3. The molecule has 0 saturated carbocycles. The molecule has 0 atom stereocenters. The third-order valence-corrected chi connectivity index (χ3v) is 6.93. The summed E-state index contributed by atoms with van der Waals surface area (Å²) in [5.74, 6) is 13.4. The number of halogens is 1. The van der Waals surface area contributed by atoms with Crippen LogP contribution < -0.4 is 9.47 Å². The Morgan fingerprint density at radius 2 is 1.05 bits per heavy atom. The van der Waals surface area contributed by atoms with Gasteiger partial charge >= 0.3 is 17.9 Å². The Bertz CT molecular complexity index is 2430. The summed E-state index contributed by atoms with van der Waals surface area (Å²) in [4.78, 5) is 34.8. The zero-order chi connectivity index (χ0) is 39.6. The van der Waals surface area contributed by atoms with Crippen LogP contribution in [-0.4, -0.2) is 24.7 Å². The Morgan fingerprint density at radius 3 is 1.53 bits per heavy atom. The maximum absolute atomic E-state index is 16.2. The van der Waals surface area contributed by atoms with Crippen molar-refractivity contribution in [2.75, 3.05) is 6.79 Å². The van der Waals surface area contributed by atoms with E-state index >= 15 is 4.39 Å². The topological polar surface area (TPSA) is 97.4 Å². The zero-order valence-electron chi connectivity index (χ0n) is 29.2. The van der Waals surface area contributed by atoms with Gasteiger partial charge in [0, 0.05) is 46.5 Å². The molecule has 8 nitrogen and oxygen atoms in total. The highest BCUT2D eigenvalue weighted by Crippen LogP contribution is 2.34. The number of esters is 3. The van der Waals surface area contributed by atoms with Gasteiger partial charge < -0.3 is 23.7 Å². The Kier molecular flexibility index (Phi) is 14.4. The molecule has 268 valence electrons. The Balaban J connectivity index is 1.67. The Labute approximate surface area is 317 Å². The molecule has 0 aliphatic carbocycles. The van der Waals surface area contributed by atoms with Crippen LogP contribution >= 0.6 is 0 Å². The molecule has 0 saturated heterocycles. The minimum absolute atomic E-state index is 0.106. The van der Waals surface area contributed by atoms with Gasteiger partial charge in [0.25, 0.3) is 0 Å². The first-order valence-corrected chi connectivity index (χ1v) is 15.9. The van der Waals surface area contributed by atoms with E-state index in [-0.39, 0.29) is 22.6 Å². The van der Waals surface area contributed by atoms with Crippen molar-refractivity contribution in [2.45, 2.75) is 0 Å². The molecule has 0 amide bonds. The first-order valence-electron chi connectivity index (χ1n) is 15.9. The van der Waals surface area contributed by atoms with Gasteiger partial charge in [-0.1, -0.05) is 80.8 Å². The second kappa shape index (κ2) is 20.0. The third kappa shape index (κ3) is 11.9. The zero-order valence-corrected chi connectivity index (χ0v) is 29.2. The van der Waals surface area contributed by atoms with Crippen LogP contribution in [0.15, 0.2) is 142 Å². The molecule has 0 aromatic heterocycles. The van der Waals surface area contributed by atoms with E-state index in [2.05, 4.69) is 90.1 Å². The Hall–Kier alpha value is -8.24. The van der Waals surface area contributed by atoms with Crippen molar-refractivity contribution in [3.63, 3.8) is 0 Å². The van der Waals surface area contributed by atoms with E-state index in [0.29, 0.717) is 22.3 Å². The second-order valence-electron chi connectivity index (χ2n) is 10.6. The molecule has 0 unspecified atom stereocenters. The Morgan fingerprint density at radius 1 is 0.600 bits per heavy atom. The largest absolute Gasteiger partial charge is 0.458 e. The summed E-state index contributed by atoms with van der Waals surface area (Å²) in [6, 6.07) is 22.3. The van der Waals surface area contributed by atoms with E-state index in [1.165, 1.54) is 12.1 Å². The van der Waals surface area contributed by atoms with Gasteiger partial charge in [0.15, 0.2) is 17.3 Å². The van der Waals surface area contributed by atoms with Crippen molar-refractivity contribution in [1.82, 2.24) is 0 Å².